The Labute approximate surface area is 186 Å². The Morgan fingerprint density at radius 1 is 1.13 bits per heavy atom. The third-order valence-electron chi connectivity index (χ3n) is 6.53. The first kappa shape index (κ1) is 20.1. The van der Waals surface area contributed by atoms with E-state index < -0.39 is 5.97 Å². The number of aromatic nitrogens is 1. The number of carboxylic acids is 1. The molecule has 0 bridgehead atoms. The first-order chi connectivity index (χ1) is 14.9. The lowest BCUT2D eigenvalue weighted by molar-refractivity contribution is -0.139. The van der Waals surface area contributed by atoms with Crippen molar-refractivity contribution in [3.8, 4) is 17.0 Å². The molecule has 3 aromatic rings. The molecule has 0 amide bonds. The first-order valence-electron chi connectivity index (χ1n) is 10.6. The average Bonchev–Trinajstić information content (AvgIpc) is 3.08. The van der Waals surface area contributed by atoms with E-state index in [0.29, 0.717) is 6.61 Å². The van der Waals surface area contributed by atoms with Gasteiger partial charge in [-0.3, -0.25) is 4.79 Å². The maximum Gasteiger partial charge on any atom is 0.307 e. The number of thiazole rings is 1. The molecule has 160 valence electrons. The van der Waals surface area contributed by atoms with Gasteiger partial charge in [0, 0.05) is 24.0 Å². The minimum absolute atomic E-state index is 0.155. The number of rotatable bonds is 6. The molecule has 6 heteroatoms. The molecule has 2 heterocycles. The summed E-state index contributed by atoms with van der Waals surface area (Å²) in [6.45, 7) is 8.39. The van der Waals surface area contributed by atoms with Crippen LogP contribution in [0.5, 0.6) is 5.75 Å². The van der Waals surface area contributed by atoms with Gasteiger partial charge in [0.25, 0.3) is 0 Å². The second kappa shape index (κ2) is 7.68. The molecule has 2 unspecified atom stereocenters. The van der Waals surface area contributed by atoms with Crippen LogP contribution in [0.25, 0.3) is 11.3 Å². The first-order valence-corrected chi connectivity index (χ1v) is 11.5. The lowest BCUT2D eigenvalue weighted by atomic mass is 10.1. The van der Waals surface area contributed by atoms with E-state index in [2.05, 4.69) is 61.4 Å². The highest BCUT2D eigenvalue weighted by Crippen LogP contribution is 2.53. The van der Waals surface area contributed by atoms with E-state index >= 15 is 0 Å². The molecule has 1 aliphatic carbocycles. The number of carboxylic acid groups (broad SMARTS) is 1. The van der Waals surface area contributed by atoms with Gasteiger partial charge in [0.1, 0.15) is 12.4 Å². The van der Waals surface area contributed by atoms with Crippen molar-refractivity contribution >= 4 is 22.4 Å². The summed E-state index contributed by atoms with van der Waals surface area (Å²) in [5.74, 6) is 0.580. The molecule has 1 saturated heterocycles. The van der Waals surface area contributed by atoms with Gasteiger partial charge in [-0.05, 0) is 55.9 Å². The van der Waals surface area contributed by atoms with E-state index in [1.54, 1.807) is 11.3 Å². The van der Waals surface area contributed by atoms with E-state index in [9.17, 15) is 9.90 Å². The van der Waals surface area contributed by atoms with E-state index in [1.165, 1.54) is 16.7 Å². The molecule has 0 radical (unpaired) electrons. The maximum atomic E-state index is 11.2. The molecular weight excluding hydrogens is 408 g/mol. The van der Waals surface area contributed by atoms with E-state index in [4.69, 9.17) is 9.72 Å². The minimum Gasteiger partial charge on any atom is -0.488 e. The van der Waals surface area contributed by atoms with Gasteiger partial charge in [-0.15, -0.1) is 11.3 Å². The molecule has 1 N–H and O–H groups in total. The van der Waals surface area contributed by atoms with E-state index in [0.717, 1.165) is 40.8 Å². The monoisotopic (exact) mass is 434 g/mol. The summed E-state index contributed by atoms with van der Waals surface area (Å²) in [6.07, 6.45) is 0. The van der Waals surface area contributed by atoms with Crippen molar-refractivity contribution in [2.45, 2.75) is 27.4 Å². The summed E-state index contributed by atoms with van der Waals surface area (Å²) in [5, 5.41) is 12.3. The fourth-order valence-corrected chi connectivity index (χ4v) is 5.56. The van der Waals surface area contributed by atoms with Crippen LogP contribution in [-0.4, -0.2) is 29.1 Å². The van der Waals surface area contributed by atoms with Crippen LogP contribution in [0, 0.1) is 38.5 Å². The van der Waals surface area contributed by atoms with Crippen LogP contribution in [0.2, 0.25) is 0 Å². The quantitative estimate of drug-likeness (QED) is 0.586. The number of nitrogens with zero attached hydrogens (tertiary/aromatic N) is 2. The molecule has 1 aromatic heterocycles. The minimum atomic E-state index is -0.653. The topological polar surface area (TPSA) is 62.7 Å². The van der Waals surface area contributed by atoms with Gasteiger partial charge in [0.2, 0.25) is 0 Å². The molecule has 2 fully saturated rings. The van der Waals surface area contributed by atoms with Crippen molar-refractivity contribution in [1.82, 2.24) is 4.98 Å². The molecule has 1 saturated carbocycles. The number of piperidine rings is 1. The number of benzene rings is 2. The normalized spacial score (nSPS) is 21.8. The van der Waals surface area contributed by atoms with Crippen molar-refractivity contribution in [2.24, 2.45) is 17.8 Å². The van der Waals surface area contributed by atoms with Crippen LogP contribution in [0.3, 0.4) is 0 Å². The summed E-state index contributed by atoms with van der Waals surface area (Å²) < 4.78 is 6.24. The van der Waals surface area contributed by atoms with Crippen LogP contribution < -0.4 is 9.64 Å². The van der Waals surface area contributed by atoms with Gasteiger partial charge in [0.15, 0.2) is 5.13 Å². The molecule has 2 aliphatic rings. The summed E-state index contributed by atoms with van der Waals surface area (Å²) in [6, 6.07) is 12.6. The molecule has 5 rings (SSSR count). The third-order valence-corrected chi connectivity index (χ3v) is 7.44. The Balaban J connectivity index is 1.34. The highest BCUT2D eigenvalue weighted by Gasteiger charge is 2.60. The summed E-state index contributed by atoms with van der Waals surface area (Å²) in [4.78, 5) is 18.4. The second-order valence-corrected chi connectivity index (χ2v) is 9.67. The molecule has 2 atom stereocenters. The van der Waals surface area contributed by atoms with Gasteiger partial charge in [0.05, 0.1) is 11.6 Å². The van der Waals surface area contributed by atoms with Crippen molar-refractivity contribution in [1.29, 1.82) is 0 Å². The maximum absolute atomic E-state index is 11.2. The largest absolute Gasteiger partial charge is 0.488 e. The van der Waals surface area contributed by atoms with Crippen molar-refractivity contribution < 1.29 is 14.6 Å². The van der Waals surface area contributed by atoms with Gasteiger partial charge >= 0.3 is 5.97 Å². The lowest BCUT2D eigenvalue weighted by Crippen LogP contribution is -2.25. The van der Waals surface area contributed by atoms with Crippen molar-refractivity contribution in [3.63, 3.8) is 0 Å². The molecule has 1 aliphatic heterocycles. The highest BCUT2D eigenvalue weighted by molar-refractivity contribution is 7.14. The van der Waals surface area contributed by atoms with Crippen LogP contribution in [0.1, 0.15) is 22.3 Å². The molecule has 31 heavy (non-hydrogen) atoms. The number of aliphatic carboxylic acids is 1. The molecule has 5 nitrogen and oxygen atoms in total. The third kappa shape index (κ3) is 3.81. The second-order valence-electron chi connectivity index (χ2n) is 8.83. The number of ether oxygens (including phenoxy) is 1. The van der Waals surface area contributed by atoms with Gasteiger partial charge in [-0.25, -0.2) is 4.98 Å². The van der Waals surface area contributed by atoms with Gasteiger partial charge in [-0.1, -0.05) is 35.4 Å². The zero-order valence-electron chi connectivity index (χ0n) is 18.0. The van der Waals surface area contributed by atoms with Gasteiger partial charge in [-0.2, -0.15) is 0 Å². The Kier molecular flexibility index (Phi) is 4.97. The molecule has 2 aromatic carbocycles. The van der Waals surface area contributed by atoms with Gasteiger partial charge < -0.3 is 14.7 Å². The van der Waals surface area contributed by atoms with Crippen LogP contribution in [0.15, 0.2) is 41.8 Å². The molecular formula is C25H26N2O3S. The smallest absolute Gasteiger partial charge is 0.307 e. The lowest BCUT2D eigenvalue weighted by Gasteiger charge is -2.17. The zero-order chi connectivity index (χ0) is 21.7. The van der Waals surface area contributed by atoms with E-state index in [1.807, 2.05) is 6.07 Å². The summed E-state index contributed by atoms with van der Waals surface area (Å²) in [5.41, 5.74) is 6.74. The zero-order valence-corrected chi connectivity index (χ0v) is 18.8. The van der Waals surface area contributed by atoms with Crippen molar-refractivity contribution in [3.05, 3.63) is 64.0 Å². The Bertz CT molecular complexity index is 1140. The number of anilines is 1. The average molecular weight is 435 g/mol. The fourth-order valence-electron chi connectivity index (χ4n) is 4.72. The Hall–Kier alpha value is -2.86. The summed E-state index contributed by atoms with van der Waals surface area (Å²) in [7, 11) is 0. The highest BCUT2D eigenvalue weighted by atomic mass is 32.1. The number of hydrogen-bond donors (Lipinski definition) is 1. The fraction of sp³-hybridized carbons (Fsp3) is 0.360. The molecule has 0 spiro atoms. The van der Waals surface area contributed by atoms with Crippen LogP contribution in [-0.2, 0) is 11.4 Å². The standard InChI is InChI=1S/C25H26N2O3S/c1-14-4-6-17(16(3)8-14)12-30-22-7-5-15(2)9-18(22)21-13-31-25(26-21)27-10-19-20(11-27)23(19)24(28)29/h4-9,13,19-20,23H,10-12H2,1-3H3,(H,28,29). The van der Waals surface area contributed by atoms with E-state index in [-0.39, 0.29) is 17.8 Å². The number of carbonyl (C=O) groups is 1. The number of fused-ring (bicyclic) bond motifs is 1. The Morgan fingerprint density at radius 2 is 1.84 bits per heavy atom. The predicted molar refractivity (Wildman–Crippen MR) is 123 cm³/mol. The van der Waals surface area contributed by atoms with Crippen molar-refractivity contribution in [2.75, 3.05) is 18.0 Å². The number of aryl methyl sites for hydroxylation is 3. The summed E-state index contributed by atoms with van der Waals surface area (Å²) >= 11 is 1.62. The number of hydrogen-bond acceptors (Lipinski definition) is 5. The van der Waals surface area contributed by atoms with Crippen LogP contribution >= 0.6 is 11.3 Å². The Morgan fingerprint density at radius 3 is 2.55 bits per heavy atom. The SMILES string of the molecule is Cc1ccc(COc2ccc(C)cc2-c2csc(N3CC4C(C3)C4C(=O)O)n2)c(C)c1. The predicted octanol–water partition coefficient (Wildman–Crippen LogP) is 5.08. The van der Waals surface area contributed by atoms with Crippen LogP contribution in [0.4, 0.5) is 5.13 Å².